The summed E-state index contributed by atoms with van der Waals surface area (Å²) in [7, 11) is 0. The number of aromatic nitrogens is 2. The van der Waals surface area contributed by atoms with Crippen LogP contribution in [0.4, 0.5) is 0 Å². The number of likely N-dealkylation sites (N-methyl/N-ethyl adjacent to an activating group) is 1. The molecule has 1 aliphatic rings. The Morgan fingerprint density at radius 1 is 1.28 bits per heavy atom. The lowest BCUT2D eigenvalue weighted by molar-refractivity contribution is 0.0960. The van der Waals surface area contributed by atoms with Crippen molar-refractivity contribution in [3.8, 4) is 0 Å². The summed E-state index contributed by atoms with van der Waals surface area (Å²) in [6.07, 6.45) is 8.91. The van der Waals surface area contributed by atoms with E-state index in [4.69, 9.17) is 10.5 Å². The molecule has 0 unspecified atom stereocenters. The summed E-state index contributed by atoms with van der Waals surface area (Å²) in [5.74, 6) is 0. The first kappa shape index (κ1) is 18.4. The van der Waals surface area contributed by atoms with Crippen LogP contribution in [-0.4, -0.2) is 47.2 Å². The normalized spacial score (nSPS) is 17.0. The van der Waals surface area contributed by atoms with E-state index in [2.05, 4.69) is 40.6 Å². The zero-order chi connectivity index (χ0) is 17.7. The average molecular weight is 345 g/mol. The molecule has 2 N–H and O–H groups in total. The van der Waals surface area contributed by atoms with Crippen LogP contribution in [0, 0.1) is 0 Å². The van der Waals surface area contributed by atoms with Crippen LogP contribution in [0.1, 0.15) is 45.1 Å². The highest BCUT2D eigenvalue weighted by atomic mass is 16.5. The maximum Gasteiger partial charge on any atom is 0.140 e. The first-order valence-electron chi connectivity index (χ1n) is 9.69. The van der Waals surface area contributed by atoms with Crippen LogP contribution in [0.3, 0.4) is 0 Å². The van der Waals surface area contributed by atoms with Crippen LogP contribution >= 0.6 is 0 Å². The number of ether oxygens (including phenoxy) is 1. The second kappa shape index (κ2) is 8.30. The number of hydrogen-bond acceptors (Lipinski definition) is 4. The van der Waals surface area contributed by atoms with Gasteiger partial charge in [0, 0.05) is 36.4 Å². The number of fused-ring (bicyclic) bond motifs is 1. The van der Waals surface area contributed by atoms with Crippen LogP contribution in [0.15, 0.2) is 24.5 Å². The highest BCUT2D eigenvalue weighted by Crippen LogP contribution is 2.38. The standard InChI is InChI=1S/C20H32N4O/c1-3-23(4-2)12-13-25-15-17-14-24(19-18(17)8-7-11-22-19)20(16-21)9-5-6-10-20/h7-8,11,14H,3-6,9-10,12-13,15-16,21H2,1-2H3. The van der Waals surface area contributed by atoms with E-state index in [1.165, 1.54) is 23.8 Å². The molecule has 0 atom stereocenters. The number of nitrogens with two attached hydrogens (primary N) is 1. The van der Waals surface area contributed by atoms with E-state index in [1.807, 2.05) is 12.3 Å². The Morgan fingerprint density at radius 2 is 2.04 bits per heavy atom. The zero-order valence-corrected chi connectivity index (χ0v) is 15.7. The van der Waals surface area contributed by atoms with E-state index in [0.29, 0.717) is 13.2 Å². The van der Waals surface area contributed by atoms with Crippen molar-refractivity contribution in [1.29, 1.82) is 0 Å². The minimum absolute atomic E-state index is 0.0338. The van der Waals surface area contributed by atoms with Gasteiger partial charge in [0.15, 0.2) is 0 Å². The Kier molecular flexibility index (Phi) is 6.10. The van der Waals surface area contributed by atoms with Gasteiger partial charge in [-0.15, -0.1) is 0 Å². The Hall–Kier alpha value is -1.43. The van der Waals surface area contributed by atoms with Gasteiger partial charge >= 0.3 is 0 Å². The van der Waals surface area contributed by atoms with E-state index in [9.17, 15) is 0 Å². The maximum absolute atomic E-state index is 6.20. The molecule has 0 bridgehead atoms. The van der Waals surface area contributed by atoms with Crippen molar-refractivity contribution >= 4 is 11.0 Å². The largest absolute Gasteiger partial charge is 0.375 e. The fourth-order valence-corrected chi connectivity index (χ4v) is 4.09. The molecular formula is C20H32N4O. The topological polar surface area (TPSA) is 56.3 Å². The predicted molar refractivity (Wildman–Crippen MR) is 103 cm³/mol. The van der Waals surface area contributed by atoms with Gasteiger partial charge in [-0.3, -0.25) is 0 Å². The third-order valence-corrected chi connectivity index (χ3v) is 5.77. The quantitative estimate of drug-likeness (QED) is 0.710. The molecule has 0 aliphatic heterocycles. The molecular weight excluding hydrogens is 312 g/mol. The van der Waals surface area contributed by atoms with Crippen LogP contribution in [0.5, 0.6) is 0 Å². The van der Waals surface area contributed by atoms with Gasteiger partial charge in [-0.2, -0.15) is 0 Å². The second-order valence-corrected chi connectivity index (χ2v) is 7.11. The van der Waals surface area contributed by atoms with E-state index < -0.39 is 0 Å². The van der Waals surface area contributed by atoms with Crippen molar-refractivity contribution in [3.63, 3.8) is 0 Å². The summed E-state index contributed by atoms with van der Waals surface area (Å²) in [4.78, 5) is 7.05. The van der Waals surface area contributed by atoms with Gasteiger partial charge < -0.3 is 19.9 Å². The molecule has 0 saturated heterocycles. The van der Waals surface area contributed by atoms with Gasteiger partial charge in [0.05, 0.1) is 18.8 Å². The molecule has 0 spiro atoms. The fraction of sp³-hybridized carbons (Fsp3) is 0.650. The molecule has 0 radical (unpaired) electrons. The Bertz CT molecular complexity index is 671. The lowest BCUT2D eigenvalue weighted by Crippen LogP contribution is -2.38. The minimum Gasteiger partial charge on any atom is -0.375 e. The summed E-state index contributed by atoms with van der Waals surface area (Å²) in [6, 6.07) is 4.16. The van der Waals surface area contributed by atoms with Crippen molar-refractivity contribution in [2.75, 3.05) is 32.8 Å². The van der Waals surface area contributed by atoms with Crippen molar-refractivity contribution < 1.29 is 4.74 Å². The molecule has 2 aromatic heterocycles. The SMILES string of the molecule is CCN(CC)CCOCc1cn(C2(CN)CCCC2)c2ncccc12. The summed E-state index contributed by atoms with van der Waals surface area (Å²) in [5, 5.41) is 1.20. The molecule has 5 nitrogen and oxygen atoms in total. The molecule has 5 heteroatoms. The fourth-order valence-electron chi connectivity index (χ4n) is 4.09. The van der Waals surface area contributed by atoms with Gasteiger partial charge in [-0.05, 0) is 38.1 Å². The summed E-state index contributed by atoms with van der Waals surface area (Å²) < 4.78 is 8.34. The van der Waals surface area contributed by atoms with Gasteiger partial charge in [-0.1, -0.05) is 26.7 Å². The Balaban J connectivity index is 1.78. The summed E-state index contributed by atoms with van der Waals surface area (Å²) in [6.45, 7) is 9.58. The lowest BCUT2D eigenvalue weighted by atomic mass is 9.97. The molecule has 2 aromatic rings. The molecule has 2 heterocycles. The molecule has 1 saturated carbocycles. The molecule has 0 aromatic carbocycles. The first-order chi connectivity index (χ1) is 12.2. The summed E-state index contributed by atoms with van der Waals surface area (Å²) in [5.41, 5.74) is 8.51. The van der Waals surface area contributed by atoms with Gasteiger partial charge in [0.2, 0.25) is 0 Å². The molecule has 138 valence electrons. The smallest absolute Gasteiger partial charge is 0.140 e. The van der Waals surface area contributed by atoms with E-state index in [-0.39, 0.29) is 5.54 Å². The van der Waals surface area contributed by atoms with E-state index >= 15 is 0 Å². The minimum atomic E-state index is 0.0338. The first-order valence-corrected chi connectivity index (χ1v) is 9.69. The van der Waals surface area contributed by atoms with Crippen LogP contribution in [0.2, 0.25) is 0 Å². The monoisotopic (exact) mass is 344 g/mol. The Labute approximate surface area is 151 Å². The number of nitrogens with zero attached hydrogens (tertiary/aromatic N) is 3. The molecule has 3 rings (SSSR count). The third kappa shape index (κ3) is 3.73. The summed E-state index contributed by atoms with van der Waals surface area (Å²) >= 11 is 0. The van der Waals surface area contributed by atoms with E-state index in [1.54, 1.807) is 0 Å². The predicted octanol–water partition coefficient (Wildman–Crippen LogP) is 3.12. The van der Waals surface area contributed by atoms with Crippen molar-refractivity contribution in [1.82, 2.24) is 14.5 Å². The molecule has 25 heavy (non-hydrogen) atoms. The number of pyridine rings is 1. The third-order valence-electron chi connectivity index (χ3n) is 5.77. The number of hydrogen-bond donors (Lipinski definition) is 1. The second-order valence-electron chi connectivity index (χ2n) is 7.11. The van der Waals surface area contributed by atoms with Crippen molar-refractivity contribution in [3.05, 3.63) is 30.1 Å². The average Bonchev–Trinajstić information content (AvgIpc) is 3.28. The van der Waals surface area contributed by atoms with Gasteiger partial charge in [0.25, 0.3) is 0 Å². The van der Waals surface area contributed by atoms with Crippen LogP contribution in [-0.2, 0) is 16.9 Å². The van der Waals surface area contributed by atoms with Crippen molar-refractivity contribution in [2.24, 2.45) is 5.73 Å². The van der Waals surface area contributed by atoms with Crippen LogP contribution in [0.25, 0.3) is 11.0 Å². The maximum atomic E-state index is 6.20. The number of rotatable bonds is 9. The lowest BCUT2D eigenvalue weighted by Gasteiger charge is -2.30. The van der Waals surface area contributed by atoms with Gasteiger partial charge in [-0.25, -0.2) is 4.98 Å². The highest BCUT2D eigenvalue weighted by molar-refractivity contribution is 5.80. The molecule has 0 amide bonds. The molecule has 1 fully saturated rings. The zero-order valence-electron chi connectivity index (χ0n) is 15.7. The highest BCUT2D eigenvalue weighted by Gasteiger charge is 2.35. The molecule has 1 aliphatic carbocycles. The van der Waals surface area contributed by atoms with E-state index in [0.717, 1.165) is 44.7 Å². The van der Waals surface area contributed by atoms with Crippen molar-refractivity contribution in [2.45, 2.75) is 51.7 Å². The van der Waals surface area contributed by atoms with Crippen LogP contribution < -0.4 is 5.73 Å². The Morgan fingerprint density at radius 3 is 2.72 bits per heavy atom. The van der Waals surface area contributed by atoms with Gasteiger partial charge in [0.1, 0.15) is 5.65 Å².